The van der Waals surface area contributed by atoms with Crippen molar-refractivity contribution in [3.05, 3.63) is 59.7 Å². The van der Waals surface area contributed by atoms with Gasteiger partial charge in [0.1, 0.15) is 0 Å². The number of nitrogens with one attached hydrogen (secondary N) is 2. The molecule has 0 spiro atoms. The summed E-state index contributed by atoms with van der Waals surface area (Å²) in [6.07, 6.45) is 0.859. The maximum atomic E-state index is 13.3. The van der Waals surface area contributed by atoms with Crippen LogP contribution in [0.1, 0.15) is 30.1 Å². The van der Waals surface area contributed by atoms with Gasteiger partial charge in [-0.1, -0.05) is 0 Å². The molecule has 1 atom stereocenters. The monoisotopic (exact) mass is 424 g/mol. The number of sulfonamides is 1. The Hall–Kier alpha value is -3.01. The van der Waals surface area contributed by atoms with Gasteiger partial charge in [-0.05, 0) is 62.2 Å². The quantitative estimate of drug-likeness (QED) is 0.666. The van der Waals surface area contributed by atoms with Gasteiger partial charge in [-0.15, -0.1) is 0 Å². The molecule has 1 aliphatic carbocycles. The van der Waals surface area contributed by atoms with Crippen molar-refractivity contribution >= 4 is 27.6 Å². The van der Waals surface area contributed by atoms with E-state index in [9.17, 15) is 26.8 Å². The first-order valence-corrected chi connectivity index (χ1v) is 10.2. The van der Waals surface area contributed by atoms with Crippen molar-refractivity contribution in [1.82, 2.24) is 5.32 Å². The molecule has 2 aromatic carbocycles. The Balaban J connectivity index is 1.63. The van der Waals surface area contributed by atoms with Crippen molar-refractivity contribution < 1.29 is 31.5 Å². The summed E-state index contributed by atoms with van der Waals surface area (Å²) in [5.74, 6) is -3.56. The van der Waals surface area contributed by atoms with Crippen LogP contribution in [-0.4, -0.2) is 32.4 Å². The number of halogens is 2. The molecule has 2 aromatic rings. The standard InChI is InChI=1S/C19H18F2N2O5S/c1-11(18(24)22-13-6-7-13)28-19(25)12-2-4-14(5-3-12)23-29(26,27)15-8-9-16(20)17(21)10-15/h2-5,8-11,13,23H,6-7H2,1H3,(H,22,24)/t11-/m0/s1. The van der Waals surface area contributed by atoms with Gasteiger partial charge in [-0.3, -0.25) is 9.52 Å². The second-order valence-electron chi connectivity index (χ2n) is 6.59. The molecule has 1 saturated carbocycles. The van der Waals surface area contributed by atoms with E-state index in [4.69, 9.17) is 4.74 Å². The molecule has 2 N–H and O–H groups in total. The summed E-state index contributed by atoms with van der Waals surface area (Å²) in [5, 5.41) is 2.73. The highest BCUT2D eigenvalue weighted by Crippen LogP contribution is 2.20. The lowest BCUT2D eigenvalue weighted by atomic mass is 10.2. The largest absolute Gasteiger partial charge is 0.449 e. The number of benzene rings is 2. The third kappa shape index (κ3) is 5.29. The van der Waals surface area contributed by atoms with Crippen molar-refractivity contribution in [2.24, 2.45) is 0 Å². The summed E-state index contributed by atoms with van der Waals surface area (Å²) in [4.78, 5) is 23.5. The fourth-order valence-electron chi connectivity index (χ4n) is 2.36. The molecule has 0 aliphatic heterocycles. The normalized spacial score (nSPS) is 14.7. The molecule has 29 heavy (non-hydrogen) atoms. The van der Waals surface area contributed by atoms with Crippen LogP contribution in [0.4, 0.5) is 14.5 Å². The molecule has 0 radical (unpaired) electrons. The van der Waals surface area contributed by atoms with Gasteiger partial charge in [0.15, 0.2) is 17.7 Å². The van der Waals surface area contributed by atoms with E-state index in [0.29, 0.717) is 12.1 Å². The number of carbonyl (C=O) groups excluding carboxylic acids is 2. The van der Waals surface area contributed by atoms with E-state index >= 15 is 0 Å². The first-order chi connectivity index (χ1) is 13.7. The molecule has 10 heteroatoms. The minimum Gasteiger partial charge on any atom is -0.449 e. The Labute approximate surface area is 166 Å². The van der Waals surface area contributed by atoms with Crippen molar-refractivity contribution in [2.45, 2.75) is 36.8 Å². The zero-order valence-electron chi connectivity index (χ0n) is 15.3. The van der Waals surface area contributed by atoms with E-state index in [1.807, 2.05) is 0 Å². The van der Waals surface area contributed by atoms with Crippen LogP contribution < -0.4 is 10.0 Å². The van der Waals surface area contributed by atoms with Gasteiger partial charge in [0.25, 0.3) is 15.9 Å². The van der Waals surface area contributed by atoms with Gasteiger partial charge in [0, 0.05) is 11.7 Å². The van der Waals surface area contributed by atoms with Gasteiger partial charge in [0.2, 0.25) is 0 Å². The Kier molecular flexibility index (Phi) is 5.83. The molecule has 0 saturated heterocycles. The van der Waals surface area contributed by atoms with Crippen LogP contribution >= 0.6 is 0 Å². The minimum absolute atomic E-state index is 0.103. The summed E-state index contributed by atoms with van der Waals surface area (Å²) in [6.45, 7) is 1.46. The summed E-state index contributed by atoms with van der Waals surface area (Å²) >= 11 is 0. The number of ether oxygens (including phenoxy) is 1. The van der Waals surface area contributed by atoms with E-state index in [0.717, 1.165) is 18.9 Å². The Morgan fingerprint density at radius 1 is 1.07 bits per heavy atom. The molecule has 154 valence electrons. The molecule has 7 nitrogen and oxygen atoms in total. The molecule has 0 heterocycles. The number of esters is 1. The molecular weight excluding hydrogens is 406 g/mol. The maximum absolute atomic E-state index is 13.3. The van der Waals surface area contributed by atoms with Gasteiger partial charge < -0.3 is 10.1 Å². The maximum Gasteiger partial charge on any atom is 0.338 e. The van der Waals surface area contributed by atoms with E-state index in [1.165, 1.54) is 31.2 Å². The Bertz CT molecular complexity index is 1040. The zero-order chi connectivity index (χ0) is 21.2. The smallest absolute Gasteiger partial charge is 0.338 e. The summed E-state index contributed by atoms with van der Waals surface area (Å²) in [6, 6.07) is 7.60. The van der Waals surface area contributed by atoms with Gasteiger partial charge in [0.05, 0.1) is 10.5 Å². The van der Waals surface area contributed by atoms with Crippen LogP contribution in [0.3, 0.4) is 0 Å². The number of rotatable bonds is 7. The predicted molar refractivity (Wildman–Crippen MR) is 99.7 cm³/mol. The third-order valence-electron chi connectivity index (χ3n) is 4.15. The number of anilines is 1. The van der Waals surface area contributed by atoms with Crippen LogP contribution in [0, 0.1) is 11.6 Å². The Morgan fingerprint density at radius 2 is 1.72 bits per heavy atom. The summed E-state index contributed by atoms with van der Waals surface area (Å²) in [7, 11) is -4.15. The van der Waals surface area contributed by atoms with Crippen molar-refractivity contribution in [3.63, 3.8) is 0 Å². The minimum atomic E-state index is -4.15. The van der Waals surface area contributed by atoms with Crippen LogP contribution in [0.2, 0.25) is 0 Å². The van der Waals surface area contributed by atoms with Gasteiger partial charge in [-0.25, -0.2) is 22.0 Å². The van der Waals surface area contributed by atoms with Gasteiger partial charge in [-0.2, -0.15) is 0 Å². The molecule has 1 amide bonds. The van der Waals surface area contributed by atoms with Crippen LogP contribution in [0.15, 0.2) is 47.4 Å². The average Bonchev–Trinajstić information content (AvgIpc) is 3.48. The van der Waals surface area contributed by atoms with Crippen molar-refractivity contribution in [1.29, 1.82) is 0 Å². The first-order valence-electron chi connectivity index (χ1n) is 8.75. The van der Waals surface area contributed by atoms with E-state index in [2.05, 4.69) is 10.0 Å². The SMILES string of the molecule is C[C@H](OC(=O)c1ccc(NS(=O)(=O)c2ccc(F)c(F)c2)cc1)C(=O)NC1CC1. The Morgan fingerprint density at radius 3 is 2.31 bits per heavy atom. The molecule has 3 rings (SSSR count). The van der Waals surface area contributed by atoms with Crippen molar-refractivity contribution in [2.75, 3.05) is 4.72 Å². The predicted octanol–water partition coefficient (Wildman–Crippen LogP) is 2.59. The molecule has 0 aromatic heterocycles. The molecule has 0 bridgehead atoms. The highest BCUT2D eigenvalue weighted by molar-refractivity contribution is 7.92. The molecule has 0 unspecified atom stereocenters. The lowest BCUT2D eigenvalue weighted by Gasteiger charge is -2.13. The fraction of sp³-hybridized carbons (Fsp3) is 0.263. The topological polar surface area (TPSA) is 102 Å². The molecule has 1 fully saturated rings. The lowest BCUT2D eigenvalue weighted by molar-refractivity contribution is -0.129. The third-order valence-corrected chi connectivity index (χ3v) is 5.53. The van der Waals surface area contributed by atoms with Crippen LogP contribution in [-0.2, 0) is 19.6 Å². The van der Waals surface area contributed by atoms with Crippen molar-refractivity contribution in [3.8, 4) is 0 Å². The molecule has 1 aliphatic rings. The highest BCUT2D eigenvalue weighted by atomic mass is 32.2. The molecular formula is C19H18F2N2O5S. The average molecular weight is 424 g/mol. The highest BCUT2D eigenvalue weighted by Gasteiger charge is 2.27. The van der Waals surface area contributed by atoms with E-state index in [-0.39, 0.29) is 23.2 Å². The lowest BCUT2D eigenvalue weighted by Crippen LogP contribution is -2.37. The van der Waals surface area contributed by atoms with Gasteiger partial charge >= 0.3 is 5.97 Å². The number of hydrogen-bond acceptors (Lipinski definition) is 5. The van der Waals surface area contributed by atoms with E-state index < -0.39 is 38.6 Å². The second kappa shape index (κ2) is 8.16. The van der Waals surface area contributed by atoms with Crippen LogP contribution in [0.5, 0.6) is 0 Å². The zero-order valence-corrected chi connectivity index (χ0v) is 16.1. The van der Waals surface area contributed by atoms with E-state index in [1.54, 1.807) is 0 Å². The number of amides is 1. The number of carbonyl (C=O) groups is 2. The number of hydrogen-bond donors (Lipinski definition) is 2. The fourth-order valence-corrected chi connectivity index (χ4v) is 3.43. The van der Waals surface area contributed by atoms with Crippen LogP contribution in [0.25, 0.3) is 0 Å². The second-order valence-corrected chi connectivity index (χ2v) is 8.27. The summed E-state index contributed by atoms with van der Waals surface area (Å²) < 4.78 is 58.1. The first kappa shape index (κ1) is 20.7. The summed E-state index contributed by atoms with van der Waals surface area (Å²) in [5.41, 5.74) is 0.220.